The Labute approximate surface area is 136 Å². The van der Waals surface area contributed by atoms with Crippen molar-refractivity contribution in [2.45, 2.75) is 19.3 Å². The summed E-state index contributed by atoms with van der Waals surface area (Å²) in [5, 5.41) is 19.1. The molecule has 2 aromatic carbocycles. The van der Waals surface area contributed by atoms with Crippen molar-refractivity contribution >= 4 is 6.08 Å². The van der Waals surface area contributed by atoms with E-state index in [9.17, 15) is 10.2 Å². The number of benzene rings is 2. The lowest BCUT2D eigenvalue weighted by Crippen LogP contribution is -1.88. The number of allylic oxidation sites excluding steroid dienone is 1. The molecule has 2 aromatic rings. The van der Waals surface area contributed by atoms with Crippen molar-refractivity contribution in [3.63, 3.8) is 0 Å². The van der Waals surface area contributed by atoms with Gasteiger partial charge in [-0.25, -0.2) is 0 Å². The van der Waals surface area contributed by atoms with Crippen molar-refractivity contribution < 1.29 is 19.7 Å². The van der Waals surface area contributed by atoms with E-state index in [0.29, 0.717) is 11.5 Å². The summed E-state index contributed by atoms with van der Waals surface area (Å²) >= 11 is 0. The van der Waals surface area contributed by atoms with Crippen LogP contribution in [0.2, 0.25) is 0 Å². The molecule has 0 radical (unpaired) electrons. The van der Waals surface area contributed by atoms with Crippen molar-refractivity contribution in [2.75, 3.05) is 14.2 Å². The summed E-state index contributed by atoms with van der Waals surface area (Å²) in [6.45, 7) is 0. The zero-order chi connectivity index (χ0) is 16.7. The minimum atomic E-state index is 0.144. The fourth-order valence-electron chi connectivity index (χ4n) is 2.32. The molecule has 122 valence electrons. The van der Waals surface area contributed by atoms with Crippen LogP contribution in [0, 0.1) is 0 Å². The van der Waals surface area contributed by atoms with Gasteiger partial charge >= 0.3 is 0 Å². The Morgan fingerprint density at radius 3 is 2.26 bits per heavy atom. The average Bonchev–Trinajstić information content (AvgIpc) is 2.57. The highest BCUT2D eigenvalue weighted by Crippen LogP contribution is 2.28. The molecular weight excluding hydrogens is 292 g/mol. The van der Waals surface area contributed by atoms with Crippen LogP contribution < -0.4 is 9.47 Å². The smallest absolute Gasteiger partial charge is 0.161 e. The molecule has 0 aliphatic heterocycles. The van der Waals surface area contributed by atoms with Gasteiger partial charge in [0, 0.05) is 0 Å². The molecule has 4 nitrogen and oxygen atoms in total. The average molecular weight is 314 g/mol. The van der Waals surface area contributed by atoms with Gasteiger partial charge in [-0.3, -0.25) is 0 Å². The highest BCUT2D eigenvalue weighted by atomic mass is 16.5. The van der Waals surface area contributed by atoms with Crippen LogP contribution in [0.3, 0.4) is 0 Å². The highest BCUT2D eigenvalue weighted by Gasteiger charge is 2.02. The van der Waals surface area contributed by atoms with Crippen LogP contribution in [-0.2, 0) is 6.42 Å². The molecule has 0 heterocycles. The van der Waals surface area contributed by atoms with E-state index in [4.69, 9.17) is 9.47 Å². The maximum atomic E-state index is 9.57. The Morgan fingerprint density at radius 1 is 0.913 bits per heavy atom. The van der Waals surface area contributed by atoms with Crippen LogP contribution in [0.15, 0.2) is 42.5 Å². The first-order valence-electron chi connectivity index (χ1n) is 7.53. The Bertz CT molecular complexity index is 677. The largest absolute Gasteiger partial charge is 0.504 e. The summed E-state index contributed by atoms with van der Waals surface area (Å²) in [4.78, 5) is 0. The van der Waals surface area contributed by atoms with Gasteiger partial charge < -0.3 is 19.7 Å². The molecule has 4 heteroatoms. The van der Waals surface area contributed by atoms with Gasteiger partial charge in [-0.1, -0.05) is 24.3 Å². The van der Waals surface area contributed by atoms with E-state index in [2.05, 4.69) is 6.08 Å². The van der Waals surface area contributed by atoms with E-state index in [-0.39, 0.29) is 11.5 Å². The molecule has 0 amide bonds. The van der Waals surface area contributed by atoms with Gasteiger partial charge in [0.25, 0.3) is 0 Å². The summed E-state index contributed by atoms with van der Waals surface area (Å²) in [5.41, 5.74) is 2.13. The van der Waals surface area contributed by atoms with Crippen LogP contribution in [0.4, 0.5) is 0 Å². The lowest BCUT2D eigenvalue weighted by atomic mass is 10.1. The molecule has 0 aliphatic rings. The minimum absolute atomic E-state index is 0.144. The van der Waals surface area contributed by atoms with Gasteiger partial charge in [-0.2, -0.15) is 0 Å². The maximum Gasteiger partial charge on any atom is 0.161 e. The standard InChI is InChI=1S/C19H22O4/c1-22-18-12-14(8-10-16(18)20)6-4-3-5-7-15-9-11-17(21)19(13-15)23-2/h4,6,8-13,20-21H,3,5,7H2,1-2H3/b6-4+. The molecule has 2 rings (SSSR count). The van der Waals surface area contributed by atoms with E-state index in [1.165, 1.54) is 7.11 Å². The van der Waals surface area contributed by atoms with Crippen LogP contribution >= 0.6 is 0 Å². The minimum Gasteiger partial charge on any atom is -0.504 e. The Balaban J connectivity index is 1.85. The molecule has 23 heavy (non-hydrogen) atoms. The summed E-state index contributed by atoms with van der Waals surface area (Å²) < 4.78 is 10.2. The number of phenolic OH excluding ortho intramolecular Hbond substituents is 2. The van der Waals surface area contributed by atoms with Crippen LogP contribution in [-0.4, -0.2) is 24.4 Å². The molecule has 0 bridgehead atoms. The lowest BCUT2D eigenvalue weighted by Gasteiger charge is -2.06. The van der Waals surface area contributed by atoms with E-state index in [1.807, 2.05) is 24.3 Å². The lowest BCUT2D eigenvalue weighted by molar-refractivity contribution is 0.373. The fourth-order valence-corrected chi connectivity index (χ4v) is 2.32. The van der Waals surface area contributed by atoms with E-state index in [1.54, 1.807) is 25.3 Å². The second kappa shape index (κ2) is 8.13. The number of unbranched alkanes of at least 4 members (excludes halogenated alkanes) is 1. The van der Waals surface area contributed by atoms with E-state index in [0.717, 1.165) is 30.4 Å². The Kier molecular flexibility index (Phi) is 5.92. The number of hydrogen-bond acceptors (Lipinski definition) is 4. The first-order chi connectivity index (χ1) is 11.1. The quantitative estimate of drug-likeness (QED) is 0.754. The summed E-state index contributed by atoms with van der Waals surface area (Å²) in [5.74, 6) is 1.29. The number of rotatable bonds is 7. The molecule has 0 atom stereocenters. The maximum absolute atomic E-state index is 9.57. The molecule has 0 unspecified atom stereocenters. The van der Waals surface area contributed by atoms with Crippen molar-refractivity contribution in [3.05, 3.63) is 53.6 Å². The number of aryl methyl sites for hydroxylation is 1. The summed E-state index contributed by atoms with van der Waals surface area (Å²) in [6, 6.07) is 10.7. The van der Waals surface area contributed by atoms with Crippen LogP contribution in [0.1, 0.15) is 24.0 Å². The Hall–Kier alpha value is -2.62. The predicted molar refractivity (Wildman–Crippen MR) is 91.3 cm³/mol. The monoisotopic (exact) mass is 314 g/mol. The van der Waals surface area contributed by atoms with Crippen molar-refractivity contribution in [1.29, 1.82) is 0 Å². The van der Waals surface area contributed by atoms with E-state index >= 15 is 0 Å². The number of phenols is 2. The molecule has 0 saturated heterocycles. The summed E-state index contributed by atoms with van der Waals surface area (Å²) in [7, 11) is 3.09. The molecule has 0 aliphatic carbocycles. The van der Waals surface area contributed by atoms with Crippen LogP contribution in [0.25, 0.3) is 6.08 Å². The third-order valence-corrected chi connectivity index (χ3v) is 3.59. The normalized spacial score (nSPS) is 10.9. The van der Waals surface area contributed by atoms with Crippen LogP contribution in [0.5, 0.6) is 23.0 Å². The number of aromatic hydroxyl groups is 2. The topological polar surface area (TPSA) is 58.9 Å². The molecule has 0 saturated carbocycles. The molecule has 0 spiro atoms. The molecule has 0 aromatic heterocycles. The molecule has 0 fully saturated rings. The first kappa shape index (κ1) is 16.7. The number of methoxy groups -OCH3 is 2. The molecule has 2 N–H and O–H groups in total. The number of hydrogen-bond donors (Lipinski definition) is 2. The van der Waals surface area contributed by atoms with Gasteiger partial charge in [0.05, 0.1) is 14.2 Å². The van der Waals surface area contributed by atoms with Crippen molar-refractivity contribution in [1.82, 2.24) is 0 Å². The second-order valence-corrected chi connectivity index (χ2v) is 5.23. The van der Waals surface area contributed by atoms with Crippen molar-refractivity contribution in [2.24, 2.45) is 0 Å². The zero-order valence-electron chi connectivity index (χ0n) is 13.5. The second-order valence-electron chi connectivity index (χ2n) is 5.23. The van der Waals surface area contributed by atoms with Gasteiger partial charge in [0.15, 0.2) is 23.0 Å². The van der Waals surface area contributed by atoms with E-state index < -0.39 is 0 Å². The molecular formula is C19H22O4. The third kappa shape index (κ3) is 4.68. The van der Waals surface area contributed by atoms with Crippen molar-refractivity contribution in [3.8, 4) is 23.0 Å². The number of ether oxygens (including phenoxy) is 2. The third-order valence-electron chi connectivity index (χ3n) is 3.59. The highest BCUT2D eigenvalue weighted by molar-refractivity contribution is 5.55. The zero-order valence-corrected chi connectivity index (χ0v) is 13.5. The first-order valence-corrected chi connectivity index (χ1v) is 7.53. The Morgan fingerprint density at radius 2 is 1.57 bits per heavy atom. The van der Waals surface area contributed by atoms with Gasteiger partial charge in [0.1, 0.15) is 0 Å². The van der Waals surface area contributed by atoms with Gasteiger partial charge in [0.2, 0.25) is 0 Å². The van der Waals surface area contributed by atoms with Gasteiger partial charge in [-0.15, -0.1) is 0 Å². The SMILES string of the molecule is COc1cc(/C=C/CCCc2ccc(O)c(OC)c2)ccc1O. The predicted octanol–water partition coefficient (Wildman–Crippen LogP) is 4.15. The fraction of sp³-hybridized carbons (Fsp3) is 0.263. The van der Waals surface area contributed by atoms with Gasteiger partial charge in [-0.05, 0) is 54.7 Å². The summed E-state index contributed by atoms with van der Waals surface area (Å²) in [6.07, 6.45) is 6.97.